The highest BCUT2D eigenvalue weighted by Gasteiger charge is 2.32. The molecular weight excluding hydrogens is 241 g/mol. The van der Waals surface area contributed by atoms with E-state index in [4.69, 9.17) is 0 Å². The first-order valence-corrected chi connectivity index (χ1v) is 7.24. The van der Waals surface area contributed by atoms with E-state index in [2.05, 4.69) is 0 Å². The minimum atomic E-state index is -3.68. The fourth-order valence-corrected chi connectivity index (χ4v) is 3.98. The van der Waals surface area contributed by atoms with E-state index in [1.807, 2.05) is 6.92 Å². The van der Waals surface area contributed by atoms with Crippen molar-refractivity contribution >= 4 is 10.0 Å². The predicted molar refractivity (Wildman–Crippen MR) is 63.6 cm³/mol. The van der Waals surface area contributed by atoms with Crippen LogP contribution >= 0.6 is 0 Å². The SMILES string of the molecule is CC1CCCCN1S(=O)(=O)c1ccccc1F. The Morgan fingerprint density at radius 2 is 2.00 bits per heavy atom. The van der Waals surface area contributed by atoms with Gasteiger partial charge in [0.25, 0.3) is 0 Å². The van der Waals surface area contributed by atoms with Crippen molar-refractivity contribution in [1.82, 2.24) is 4.31 Å². The molecule has 0 N–H and O–H groups in total. The second-order valence-corrected chi connectivity index (χ2v) is 6.25. The molecule has 94 valence electrons. The Labute approximate surface area is 101 Å². The van der Waals surface area contributed by atoms with Gasteiger partial charge in [-0.3, -0.25) is 0 Å². The van der Waals surface area contributed by atoms with Gasteiger partial charge in [0.2, 0.25) is 10.0 Å². The maximum atomic E-state index is 13.6. The molecule has 0 amide bonds. The lowest BCUT2D eigenvalue weighted by Gasteiger charge is -2.32. The van der Waals surface area contributed by atoms with Gasteiger partial charge in [0.15, 0.2) is 0 Å². The number of sulfonamides is 1. The lowest BCUT2D eigenvalue weighted by atomic mass is 10.1. The molecule has 0 radical (unpaired) electrons. The number of rotatable bonds is 2. The van der Waals surface area contributed by atoms with Crippen molar-refractivity contribution in [3.8, 4) is 0 Å². The van der Waals surface area contributed by atoms with Crippen molar-refractivity contribution in [1.29, 1.82) is 0 Å². The zero-order valence-electron chi connectivity index (χ0n) is 9.77. The molecule has 1 unspecified atom stereocenters. The van der Waals surface area contributed by atoms with Crippen molar-refractivity contribution in [2.45, 2.75) is 37.1 Å². The number of hydrogen-bond donors (Lipinski definition) is 0. The molecule has 1 aliphatic rings. The van der Waals surface area contributed by atoms with Gasteiger partial charge in [-0.1, -0.05) is 18.6 Å². The smallest absolute Gasteiger partial charge is 0.207 e. The Bertz CT molecular complexity index is 501. The Kier molecular flexibility index (Phi) is 3.49. The van der Waals surface area contributed by atoms with Crippen molar-refractivity contribution in [2.75, 3.05) is 6.54 Å². The molecule has 1 aliphatic heterocycles. The second kappa shape index (κ2) is 4.74. The molecule has 2 rings (SSSR count). The minimum Gasteiger partial charge on any atom is -0.207 e. The van der Waals surface area contributed by atoms with Gasteiger partial charge in [-0.25, -0.2) is 12.8 Å². The van der Waals surface area contributed by atoms with E-state index in [1.165, 1.54) is 22.5 Å². The van der Waals surface area contributed by atoms with Crippen LogP contribution in [0.3, 0.4) is 0 Å². The molecule has 1 fully saturated rings. The normalized spacial score (nSPS) is 22.6. The third-order valence-corrected chi connectivity index (χ3v) is 5.21. The Morgan fingerprint density at radius 1 is 1.29 bits per heavy atom. The first-order valence-electron chi connectivity index (χ1n) is 5.80. The molecule has 1 atom stereocenters. The quantitative estimate of drug-likeness (QED) is 0.815. The predicted octanol–water partition coefficient (Wildman–Crippen LogP) is 2.39. The van der Waals surface area contributed by atoms with Crippen LogP contribution in [0.2, 0.25) is 0 Å². The van der Waals surface area contributed by atoms with Crippen LogP contribution in [0.5, 0.6) is 0 Å². The van der Waals surface area contributed by atoms with E-state index in [-0.39, 0.29) is 10.9 Å². The molecule has 17 heavy (non-hydrogen) atoms. The van der Waals surface area contributed by atoms with Crippen LogP contribution in [0.4, 0.5) is 4.39 Å². The number of piperidine rings is 1. The zero-order valence-corrected chi connectivity index (χ0v) is 10.6. The van der Waals surface area contributed by atoms with E-state index in [9.17, 15) is 12.8 Å². The highest BCUT2D eigenvalue weighted by molar-refractivity contribution is 7.89. The van der Waals surface area contributed by atoms with Crippen LogP contribution < -0.4 is 0 Å². The number of benzene rings is 1. The summed E-state index contributed by atoms with van der Waals surface area (Å²) >= 11 is 0. The summed E-state index contributed by atoms with van der Waals surface area (Å²) in [6, 6.07) is 5.50. The summed E-state index contributed by atoms with van der Waals surface area (Å²) in [6.45, 7) is 2.36. The molecule has 1 saturated heterocycles. The lowest BCUT2D eigenvalue weighted by molar-refractivity contribution is 0.268. The maximum absolute atomic E-state index is 13.6. The van der Waals surface area contributed by atoms with E-state index in [0.29, 0.717) is 6.54 Å². The average molecular weight is 257 g/mol. The van der Waals surface area contributed by atoms with Crippen molar-refractivity contribution in [3.63, 3.8) is 0 Å². The summed E-state index contributed by atoms with van der Waals surface area (Å²) in [5.41, 5.74) is 0. The van der Waals surface area contributed by atoms with E-state index >= 15 is 0 Å². The second-order valence-electron chi connectivity index (χ2n) is 4.39. The van der Waals surface area contributed by atoms with Gasteiger partial charge in [-0.2, -0.15) is 4.31 Å². The van der Waals surface area contributed by atoms with Crippen LogP contribution in [0.25, 0.3) is 0 Å². The van der Waals surface area contributed by atoms with Gasteiger partial charge < -0.3 is 0 Å². The van der Waals surface area contributed by atoms with Crippen LogP contribution in [-0.2, 0) is 10.0 Å². The van der Waals surface area contributed by atoms with E-state index in [0.717, 1.165) is 19.3 Å². The third kappa shape index (κ3) is 2.35. The Morgan fingerprint density at radius 3 is 2.65 bits per heavy atom. The molecule has 0 aliphatic carbocycles. The standard InChI is InChI=1S/C12H16FNO2S/c1-10-6-4-5-9-14(10)17(15,16)12-8-3-2-7-11(12)13/h2-3,7-8,10H,4-6,9H2,1H3. The van der Waals surface area contributed by atoms with Gasteiger partial charge in [-0.05, 0) is 31.9 Å². The van der Waals surface area contributed by atoms with E-state index in [1.54, 1.807) is 6.07 Å². The summed E-state index contributed by atoms with van der Waals surface area (Å²) in [4.78, 5) is -0.214. The summed E-state index contributed by atoms with van der Waals surface area (Å²) in [5, 5.41) is 0. The van der Waals surface area contributed by atoms with Crippen LogP contribution in [0.1, 0.15) is 26.2 Å². The molecule has 5 heteroatoms. The Balaban J connectivity index is 2.39. The monoisotopic (exact) mass is 257 g/mol. The molecule has 0 aromatic heterocycles. The molecule has 1 aromatic carbocycles. The molecule has 0 bridgehead atoms. The first kappa shape index (κ1) is 12.5. The molecule has 1 aromatic rings. The molecule has 0 spiro atoms. The zero-order chi connectivity index (χ0) is 12.5. The molecular formula is C12H16FNO2S. The van der Waals surface area contributed by atoms with Crippen LogP contribution in [0.15, 0.2) is 29.2 Å². The highest BCUT2D eigenvalue weighted by Crippen LogP contribution is 2.26. The molecule has 0 saturated carbocycles. The van der Waals surface area contributed by atoms with Gasteiger partial charge in [-0.15, -0.1) is 0 Å². The lowest BCUT2D eigenvalue weighted by Crippen LogP contribution is -2.42. The fraction of sp³-hybridized carbons (Fsp3) is 0.500. The fourth-order valence-electron chi connectivity index (χ4n) is 2.21. The maximum Gasteiger partial charge on any atom is 0.246 e. The van der Waals surface area contributed by atoms with Gasteiger partial charge in [0, 0.05) is 12.6 Å². The summed E-state index contributed by atoms with van der Waals surface area (Å²) in [5.74, 6) is -0.676. The minimum absolute atomic E-state index is 0.0478. The number of nitrogens with zero attached hydrogens (tertiary/aromatic N) is 1. The largest absolute Gasteiger partial charge is 0.246 e. The van der Waals surface area contributed by atoms with Crippen molar-refractivity contribution < 1.29 is 12.8 Å². The van der Waals surface area contributed by atoms with Gasteiger partial charge >= 0.3 is 0 Å². The highest BCUT2D eigenvalue weighted by atomic mass is 32.2. The number of halogens is 1. The molecule has 1 heterocycles. The first-order chi connectivity index (χ1) is 8.03. The Hall–Kier alpha value is -0.940. The van der Waals surface area contributed by atoms with Crippen LogP contribution in [-0.4, -0.2) is 25.3 Å². The van der Waals surface area contributed by atoms with Gasteiger partial charge in [0.05, 0.1) is 0 Å². The van der Waals surface area contributed by atoms with E-state index < -0.39 is 15.8 Å². The van der Waals surface area contributed by atoms with Gasteiger partial charge in [0.1, 0.15) is 10.7 Å². The molecule has 3 nitrogen and oxygen atoms in total. The topological polar surface area (TPSA) is 37.4 Å². The van der Waals surface area contributed by atoms with Crippen molar-refractivity contribution in [2.24, 2.45) is 0 Å². The average Bonchev–Trinajstić information content (AvgIpc) is 2.29. The summed E-state index contributed by atoms with van der Waals surface area (Å²) < 4.78 is 39.6. The summed E-state index contributed by atoms with van der Waals surface area (Å²) in [7, 11) is -3.68. The van der Waals surface area contributed by atoms with Crippen LogP contribution in [0, 0.1) is 5.82 Å². The third-order valence-electron chi connectivity index (χ3n) is 3.17. The number of hydrogen-bond acceptors (Lipinski definition) is 2. The van der Waals surface area contributed by atoms with Crippen molar-refractivity contribution in [3.05, 3.63) is 30.1 Å². The summed E-state index contributed by atoms with van der Waals surface area (Å²) in [6.07, 6.45) is 2.72.